The van der Waals surface area contributed by atoms with Crippen molar-refractivity contribution in [3.05, 3.63) is 11.6 Å². The Morgan fingerprint density at radius 3 is 2.62 bits per heavy atom. The molecule has 2 N–H and O–H groups in total. The minimum Gasteiger partial charge on any atom is -0.368 e. The van der Waals surface area contributed by atoms with Gasteiger partial charge in [-0.3, -0.25) is 0 Å². The lowest BCUT2D eigenvalue weighted by atomic mass is 11.0. The van der Waals surface area contributed by atoms with Crippen LogP contribution in [0.3, 0.4) is 0 Å². The van der Waals surface area contributed by atoms with E-state index in [1.54, 1.807) is 0 Å². The van der Waals surface area contributed by atoms with Crippen molar-refractivity contribution in [2.75, 3.05) is 5.73 Å². The fourth-order valence-corrected chi connectivity index (χ4v) is 0.386. The lowest BCUT2D eigenvalue weighted by Crippen LogP contribution is -1.94. The molecule has 8 heavy (non-hydrogen) atoms. The molecule has 0 bridgehead atoms. The maximum Gasteiger partial charge on any atom is 0.227 e. The molecular formula is C3H2ClN4. The van der Waals surface area contributed by atoms with Gasteiger partial charge in [-0.1, -0.05) is 0 Å². The fourth-order valence-electron chi connectivity index (χ4n) is 0.262. The third kappa shape index (κ3) is 1.04. The second kappa shape index (κ2) is 1.92. The second-order valence-electron chi connectivity index (χ2n) is 1.06. The van der Waals surface area contributed by atoms with E-state index in [-0.39, 0.29) is 11.2 Å². The highest BCUT2D eigenvalue weighted by Gasteiger charge is 1.88. The highest BCUT2D eigenvalue weighted by atomic mass is 35.5. The van der Waals surface area contributed by atoms with E-state index in [1.807, 2.05) is 0 Å². The minimum atomic E-state index is 0.0671. The van der Waals surface area contributed by atoms with Gasteiger partial charge in [0.05, 0.1) is 0 Å². The summed E-state index contributed by atoms with van der Waals surface area (Å²) in [7, 11) is 0. The van der Waals surface area contributed by atoms with Gasteiger partial charge in [0.1, 0.15) is 0 Å². The lowest BCUT2D eigenvalue weighted by molar-refractivity contribution is 1.05. The van der Waals surface area contributed by atoms with Gasteiger partial charge >= 0.3 is 0 Å². The third-order valence-corrected chi connectivity index (χ3v) is 0.683. The van der Waals surface area contributed by atoms with E-state index in [0.29, 0.717) is 0 Å². The first-order valence-electron chi connectivity index (χ1n) is 1.82. The minimum absolute atomic E-state index is 0.0671. The molecule has 0 atom stereocenters. The molecule has 1 aromatic heterocycles. The second-order valence-corrected chi connectivity index (χ2v) is 1.40. The number of hydrogen-bond donors (Lipinski definition) is 1. The largest absolute Gasteiger partial charge is 0.368 e. The van der Waals surface area contributed by atoms with Gasteiger partial charge < -0.3 is 5.73 Å². The van der Waals surface area contributed by atoms with Crippen molar-refractivity contribution in [2.45, 2.75) is 0 Å². The van der Waals surface area contributed by atoms with Crippen LogP contribution in [0.5, 0.6) is 0 Å². The van der Waals surface area contributed by atoms with Crippen molar-refractivity contribution in [3.63, 3.8) is 0 Å². The van der Waals surface area contributed by atoms with Crippen molar-refractivity contribution in [2.24, 2.45) is 0 Å². The molecule has 41 valence electrons. The number of anilines is 1. The van der Waals surface area contributed by atoms with Crippen molar-refractivity contribution in [1.29, 1.82) is 0 Å². The molecule has 0 saturated heterocycles. The monoisotopic (exact) mass is 129 g/mol. The van der Waals surface area contributed by atoms with Gasteiger partial charge in [-0.2, -0.15) is 15.0 Å². The molecular weight excluding hydrogens is 128 g/mol. The Hall–Kier alpha value is -0.900. The summed E-state index contributed by atoms with van der Waals surface area (Å²) in [6.45, 7) is 0. The van der Waals surface area contributed by atoms with Crippen LogP contribution in [0, 0.1) is 6.33 Å². The number of nitrogen functional groups attached to an aromatic ring is 1. The molecule has 0 fully saturated rings. The van der Waals surface area contributed by atoms with Gasteiger partial charge in [0.25, 0.3) is 0 Å². The summed E-state index contributed by atoms with van der Waals surface area (Å²) in [5, 5.41) is 0.0671. The van der Waals surface area contributed by atoms with Gasteiger partial charge in [-0.15, -0.1) is 0 Å². The van der Waals surface area contributed by atoms with E-state index in [0.717, 1.165) is 0 Å². The molecule has 0 aliphatic carbocycles. The van der Waals surface area contributed by atoms with Crippen LogP contribution in [-0.4, -0.2) is 15.0 Å². The molecule has 0 saturated carbocycles. The molecule has 1 aromatic rings. The van der Waals surface area contributed by atoms with Crippen molar-refractivity contribution in [1.82, 2.24) is 15.0 Å². The number of halogens is 1. The maximum atomic E-state index is 5.27. The summed E-state index contributed by atoms with van der Waals surface area (Å²) in [5.41, 5.74) is 5.08. The lowest BCUT2D eigenvalue weighted by Gasteiger charge is -1.85. The number of hydrogen-bond acceptors (Lipinski definition) is 4. The molecule has 5 heteroatoms. The Kier molecular flexibility index (Phi) is 1.26. The molecule has 0 spiro atoms. The van der Waals surface area contributed by atoms with E-state index >= 15 is 0 Å². The molecule has 0 aliphatic rings. The summed E-state index contributed by atoms with van der Waals surface area (Å²) in [6.07, 6.45) is 2.21. The summed E-state index contributed by atoms with van der Waals surface area (Å²) in [6, 6.07) is 0. The van der Waals surface area contributed by atoms with Crippen LogP contribution in [0.25, 0.3) is 0 Å². The SMILES string of the molecule is Nc1n[c]nc(Cl)n1. The van der Waals surface area contributed by atoms with E-state index in [2.05, 4.69) is 21.3 Å². The third-order valence-electron chi connectivity index (χ3n) is 0.514. The van der Waals surface area contributed by atoms with Gasteiger partial charge in [-0.25, -0.2) is 0 Å². The molecule has 4 nitrogen and oxygen atoms in total. The smallest absolute Gasteiger partial charge is 0.227 e. The first-order chi connectivity index (χ1) is 3.79. The van der Waals surface area contributed by atoms with Crippen LogP contribution in [0.2, 0.25) is 5.28 Å². The Bertz CT molecular complexity index is 171. The number of rotatable bonds is 0. The normalized spacial score (nSPS) is 9.12. The topological polar surface area (TPSA) is 64.7 Å². The predicted octanol–water partition coefficient (Wildman–Crippen LogP) is -0.0926. The quantitative estimate of drug-likeness (QED) is 0.532. The van der Waals surface area contributed by atoms with Crippen molar-refractivity contribution < 1.29 is 0 Å². The molecule has 0 amide bonds. The highest BCUT2D eigenvalue weighted by molar-refractivity contribution is 6.28. The van der Waals surface area contributed by atoms with E-state index in [1.165, 1.54) is 0 Å². The van der Waals surface area contributed by atoms with E-state index < -0.39 is 0 Å². The van der Waals surface area contributed by atoms with Crippen LogP contribution >= 0.6 is 11.6 Å². The molecule has 1 radical (unpaired) electrons. The predicted molar refractivity (Wildman–Crippen MR) is 28.1 cm³/mol. The van der Waals surface area contributed by atoms with Gasteiger partial charge in [0, 0.05) is 0 Å². The fraction of sp³-hybridized carbons (Fsp3) is 0. The summed E-state index contributed by atoms with van der Waals surface area (Å²) in [4.78, 5) is 10.2. The molecule has 1 heterocycles. The zero-order valence-corrected chi connectivity index (χ0v) is 4.55. The Labute approximate surface area is 50.7 Å². The Morgan fingerprint density at radius 1 is 1.50 bits per heavy atom. The van der Waals surface area contributed by atoms with E-state index in [9.17, 15) is 0 Å². The van der Waals surface area contributed by atoms with Crippen LogP contribution < -0.4 is 5.73 Å². The van der Waals surface area contributed by atoms with Gasteiger partial charge in [-0.05, 0) is 11.6 Å². The highest BCUT2D eigenvalue weighted by Crippen LogP contribution is 1.95. The number of nitrogens with zero attached hydrogens (tertiary/aromatic N) is 3. The first-order valence-corrected chi connectivity index (χ1v) is 2.20. The Morgan fingerprint density at radius 2 is 2.25 bits per heavy atom. The molecule has 0 unspecified atom stereocenters. The van der Waals surface area contributed by atoms with Crippen LogP contribution in [-0.2, 0) is 0 Å². The standard InChI is InChI=1S/C3H2ClN4/c4-2-6-1-7-3(5)8-2/h(H2,5,6,7,8). The van der Waals surface area contributed by atoms with Gasteiger partial charge in [0.2, 0.25) is 17.6 Å². The maximum absolute atomic E-state index is 5.27. The average Bonchev–Trinajstić information content (AvgIpc) is 1.64. The van der Waals surface area contributed by atoms with Crippen LogP contribution in [0.1, 0.15) is 0 Å². The number of nitrogens with two attached hydrogens (primary N) is 1. The summed E-state index contributed by atoms with van der Waals surface area (Å²) < 4.78 is 0. The van der Waals surface area contributed by atoms with Crippen molar-refractivity contribution >= 4 is 17.5 Å². The summed E-state index contributed by atoms with van der Waals surface area (Å²) >= 11 is 5.27. The summed E-state index contributed by atoms with van der Waals surface area (Å²) in [5.74, 6) is 0.0880. The molecule has 1 rings (SSSR count). The van der Waals surface area contributed by atoms with Gasteiger partial charge in [0.15, 0.2) is 0 Å². The molecule has 0 aliphatic heterocycles. The number of aromatic nitrogens is 3. The van der Waals surface area contributed by atoms with E-state index in [4.69, 9.17) is 17.3 Å². The van der Waals surface area contributed by atoms with Crippen LogP contribution in [0.4, 0.5) is 5.95 Å². The van der Waals surface area contributed by atoms with Crippen molar-refractivity contribution in [3.8, 4) is 0 Å². The Balaban J connectivity index is 3.08. The zero-order chi connectivity index (χ0) is 5.98. The zero-order valence-electron chi connectivity index (χ0n) is 3.80. The van der Waals surface area contributed by atoms with Crippen LogP contribution in [0.15, 0.2) is 0 Å². The average molecular weight is 130 g/mol. The molecule has 0 aromatic carbocycles. The first kappa shape index (κ1) is 5.24.